The Labute approximate surface area is 136 Å². The van der Waals surface area contributed by atoms with Gasteiger partial charge in [-0.3, -0.25) is 0 Å². The van der Waals surface area contributed by atoms with Crippen molar-refractivity contribution in [2.75, 3.05) is 6.54 Å². The Morgan fingerprint density at radius 3 is 2.48 bits per heavy atom. The highest BCUT2D eigenvalue weighted by Gasteiger charge is 2.22. The Balaban J connectivity index is 2.50. The second kappa shape index (κ2) is 6.99. The van der Waals surface area contributed by atoms with Crippen molar-refractivity contribution in [1.29, 1.82) is 0 Å². The molecule has 0 saturated carbocycles. The molecule has 0 aliphatic heterocycles. The average molecular weight is 374 g/mol. The maximum Gasteiger partial charge on any atom is 0.131 e. The highest BCUT2D eigenvalue weighted by atomic mass is 79.9. The van der Waals surface area contributed by atoms with E-state index in [1.807, 2.05) is 13.0 Å². The predicted molar refractivity (Wildman–Crippen MR) is 88.0 cm³/mol. The van der Waals surface area contributed by atoms with Gasteiger partial charge in [0.1, 0.15) is 11.6 Å². The second-order valence-electron chi connectivity index (χ2n) is 5.08. The topological polar surface area (TPSA) is 12.0 Å². The molecule has 5 heteroatoms. The van der Waals surface area contributed by atoms with Crippen molar-refractivity contribution < 1.29 is 8.78 Å². The minimum absolute atomic E-state index is 0.266. The molecule has 0 radical (unpaired) electrons. The highest BCUT2D eigenvalue weighted by Crippen LogP contribution is 2.37. The summed E-state index contributed by atoms with van der Waals surface area (Å²) >= 11 is 5.16. The van der Waals surface area contributed by atoms with Gasteiger partial charge in [-0.1, -0.05) is 6.92 Å². The fraction of sp³-hybridized carbons (Fsp3) is 0.375. The third kappa shape index (κ3) is 3.71. The first-order valence-corrected chi connectivity index (χ1v) is 8.49. The van der Waals surface area contributed by atoms with E-state index in [-0.39, 0.29) is 6.04 Å². The summed E-state index contributed by atoms with van der Waals surface area (Å²) in [5, 5.41) is 3.36. The van der Waals surface area contributed by atoms with Crippen LogP contribution in [0.3, 0.4) is 0 Å². The third-order valence-electron chi connectivity index (χ3n) is 3.29. The minimum atomic E-state index is -0.510. The van der Waals surface area contributed by atoms with Gasteiger partial charge in [0.2, 0.25) is 0 Å². The van der Waals surface area contributed by atoms with Crippen LogP contribution < -0.4 is 5.32 Å². The quantitative estimate of drug-likeness (QED) is 0.729. The van der Waals surface area contributed by atoms with Gasteiger partial charge in [-0.2, -0.15) is 0 Å². The number of halogens is 3. The molecule has 21 heavy (non-hydrogen) atoms. The number of thiophene rings is 1. The van der Waals surface area contributed by atoms with Gasteiger partial charge < -0.3 is 5.32 Å². The predicted octanol–water partition coefficient (Wildman–Crippen LogP) is 5.49. The van der Waals surface area contributed by atoms with Gasteiger partial charge in [-0.05, 0) is 60.4 Å². The normalized spacial score (nSPS) is 12.7. The Hall–Kier alpha value is -0.780. The van der Waals surface area contributed by atoms with E-state index < -0.39 is 11.6 Å². The van der Waals surface area contributed by atoms with Crippen LogP contribution in [0.15, 0.2) is 22.7 Å². The molecular weight excluding hydrogens is 356 g/mol. The van der Waals surface area contributed by atoms with Crippen LogP contribution in [-0.4, -0.2) is 6.54 Å². The molecule has 1 aromatic heterocycles. The van der Waals surface area contributed by atoms with Crippen molar-refractivity contribution in [3.8, 4) is 0 Å². The van der Waals surface area contributed by atoms with Crippen molar-refractivity contribution >= 4 is 27.3 Å². The summed E-state index contributed by atoms with van der Waals surface area (Å²) < 4.78 is 28.7. The van der Waals surface area contributed by atoms with Gasteiger partial charge in [-0.25, -0.2) is 8.78 Å². The molecule has 1 unspecified atom stereocenters. The van der Waals surface area contributed by atoms with E-state index >= 15 is 0 Å². The van der Waals surface area contributed by atoms with Gasteiger partial charge in [0.25, 0.3) is 0 Å². The van der Waals surface area contributed by atoms with Crippen LogP contribution in [0.4, 0.5) is 8.78 Å². The molecule has 0 spiro atoms. The molecule has 0 fully saturated rings. The summed E-state index contributed by atoms with van der Waals surface area (Å²) in [6, 6.07) is 4.32. The molecule has 2 aromatic rings. The lowest BCUT2D eigenvalue weighted by molar-refractivity contribution is 0.532. The molecule has 1 N–H and O–H groups in total. The zero-order chi connectivity index (χ0) is 15.6. The zero-order valence-electron chi connectivity index (χ0n) is 12.3. The van der Waals surface area contributed by atoms with Gasteiger partial charge in [0.15, 0.2) is 0 Å². The van der Waals surface area contributed by atoms with Crippen LogP contribution in [-0.2, 0) is 0 Å². The first-order chi connectivity index (χ1) is 9.93. The summed E-state index contributed by atoms with van der Waals surface area (Å²) in [7, 11) is 0. The van der Waals surface area contributed by atoms with Crippen LogP contribution >= 0.6 is 27.3 Å². The van der Waals surface area contributed by atoms with Crippen molar-refractivity contribution in [3.63, 3.8) is 0 Å². The second-order valence-corrected chi connectivity index (χ2v) is 7.22. The number of aryl methyl sites for hydroxylation is 2. The first-order valence-electron chi connectivity index (χ1n) is 6.88. The van der Waals surface area contributed by atoms with Crippen molar-refractivity contribution in [1.82, 2.24) is 5.32 Å². The highest BCUT2D eigenvalue weighted by molar-refractivity contribution is 9.10. The van der Waals surface area contributed by atoms with Crippen molar-refractivity contribution in [3.05, 3.63) is 55.2 Å². The third-order valence-corrected chi connectivity index (χ3v) is 5.32. The van der Waals surface area contributed by atoms with E-state index in [1.54, 1.807) is 24.3 Å². The Kier molecular flexibility index (Phi) is 5.52. The van der Waals surface area contributed by atoms with E-state index in [9.17, 15) is 8.78 Å². The summed E-state index contributed by atoms with van der Waals surface area (Å²) in [5.41, 5.74) is 0.948. The van der Waals surface area contributed by atoms with Crippen molar-refractivity contribution in [2.24, 2.45) is 0 Å². The van der Waals surface area contributed by atoms with E-state index in [0.717, 1.165) is 33.3 Å². The molecule has 0 saturated heterocycles. The maximum absolute atomic E-state index is 14.2. The molecule has 0 amide bonds. The van der Waals surface area contributed by atoms with Crippen LogP contribution in [0.2, 0.25) is 0 Å². The monoisotopic (exact) mass is 373 g/mol. The number of hydrogen-bond donors (Lipinski definition) is 1. The van der Waals surface area contributed by atoms with Crippen LogP contribution in [0.5, 0.6) is 0 Å². The number of hydrogen-bond acceptors (Lipinski definition) is 2. The lowest BCUT2D eigenvalue weighted by Gasteiger charge is -2.20. The Morgan fingerprint density at radius 1 is 1.19 bits per heavy atom. The summed E-state index contributed by atoms with van der Waals surface area (Å²) in [6.07, 6.45) is 0.945. The fourth-order valence-corrected chi connectivity index (χ4v) is 4.21. The van der Waals surface area contributed by atoms with E-state index in [0.29, 0.717) is 11.1 Å². The fourth-order valence-electron chi connectivity index (χ4n) is 2.23. The smallest absolute Gasteiger partial charge is 0.131 e. The standard InChI is InChI=1S/C16H18BrF2NS/c1-4-5-20-15(16-12(17)7-10(3)21-16)11-6-9(2)13(18)8-14(11)19/h6-8,15,20H,4-5H2,1-3H3. The van der Waals surface area contributed by atoms with E-state index in [2.05, 4.69) is 28.2 Å². The number of nitrogens with one attached hydrogen (secondary N) is 1. The molecule has 1 heterocycles. The molecule has 1 aromatic carbocycles. The molecule has 0 bridgehead atoms. The molecular formula is C16H18BrF2NS. The summed E-state index contributed by atoms with van der Waals surface area (Å²) in [6.45, 7) is 6.50. The molecule has 0 aliphatic carbocycles. The molecule has 1 nitrogen and oxygen atoms in total. The Bertz CT molecular complexity index is 639. The van der Waals surface area contributed by atoms with Crippen LogP contribution in [0, 0.1) is 25.5 Å². The van der Waals surface area contributed by atoms with Gasteiger partial charge in [0, 0.05) is 25.9 Å². The van der Waals surface area contributed by atoms with Crippen LogP contribution in [0.25, 0.3) is 0 Å². The lowest BCUT2D eigenvalue weighted by atomic mass is 10.0. The molecule has 1 atom stereocenters. The molecule has 0 aliphatic rings. The maximum atomic E-state index is 14.2. The zero-order valence-corrected chi connectivity index (χ0v) is 14.7. The van der Waals surface area contributed by atoms with Gasteiger partial charge >= 0.3 is 0 Å². The van der Waals surface area contributed by atoms with Crippen molar-refractivity contribution in [2.45, 2.75) is 33.2 Å². The molecule has 2 rings (SSSR count). The van der Waals surface area contributed by atoms with Crippen LogP contribution in [0.1, 0.15) is 40.3 Å². The lowest BCUT2D eigenvalue weighted by Crippen LogP contribution is -2.24. The van der Waals surface area contributed by atoms with Gasteiger partial charge in [0.05, 0.1) is 6.04 Å². The van der Waals surface area contributed by atoms with E-state index in [4.69, 9.17) is 0 Å². The number of rotatable bonds is 5. The number of benzene rings is 1. The SMILES string of the molecule is CCCNC(c1cc(C)c(F)cc1F)c1sc(C)cc1Br. The van der Waals surface area contributed by atoms with Gasteiger partial charge in [-0.15, -0.1) is 11.3 Å². The minimum Gasteiger partial charge on any atom is -0.305 e. The van der Waals surface area contributed by atoms with E-state index in [1.165, 1.54) is 0 Å². The first kappa shape index (κ1) is 16.6. The largest absolute Gasteiger partial charge is 0.305 e. The molecule has 114 valence electrons. The summed E-state index contributed by atoms with van der Waals surface area (Å²) in [4.78, 5) is 2.17. The summed E-state index contributed by atoms with van der Waals surface area (Å²) in [5.74, 6) is -1.02. The Morgan fingerprint density at radius 2 is 1.90 bits per heavy atom. The average Bonchev–Trinajstić information content (AvgIpc) is 2.75.